The number of nitrogens with zero attached hydrogens (tertiary/aromatic N) is 1. The fourth-order valence-corrected chi connectivity index (χ4v) is 5.01. The van der Waals surface area contributed by atoms with Crippen molar-refractivity contribution >= 4 is 17.5 Å². The van der Waals surface area contributed by atoms with Crippen molar-refractivity contribution in [3.8, 4) is 11.5 Å². The zero-order valence-corrected chi connectivity index (χ0v) is 15.4. The number of amides is 2. The monoisotopic (exact) mass is 359 g/mol. The molecule has 0 radical (unpaired) electrons. The van der Waals surface area contributed by atoms with Crippen LogP contribution in [0, 0.1) is 30.1 Å². The molecule has 2 aliphatic carbocycles. The molecular formula is C23H21NO3. The largest absolute Gasteiger partial charge is 0.457 e. The maximum absolute atomic E-state index is 13.2. The van der Waals surface area contributed by atoms with Crippen molar-refractivity contribution < 1.29 is 14.3 Å². The van der Waals surface area contributed by atoms with E-state index in [9.17, 15) is 9.59 Å². The Labute approximate surface area is 158 Å². The molecule has 2 bridgehead atoms. The van der Waals surface area contributed by atoms with Gasteiger partial charge in [-0.2, -0.15) is 0 Å². The number of rotatable bonds is 3. The molecule has 1 saturated heterocycles. The lowest BCUT2D eigenvalue weighted by atomic mass is 9.71. The molecule has 1 saturated carbocycles. The predicted molar refractivity (Wildman–Crippen MR) is 103 cm³/mol. The molecule has 0 aromatic heterocycles. The van der Waals surface area contributed by atoms with Crippen molar-refractivity contribution in [2.45, 2.75) is 20.3 Å². The van der Waals surface area contributed by atoms with E-state index in [1.165, 1.54) is 4.90 Å². The molecular weight excluding hydrogens is 338 g/mol. The molecule has 27 heavy (non-hydrogen) atoms. The normalized spacial score (nSPS) is 30.9. The average molecular weight is 359 g/mol. The van der Waals surface area contributed by atoms with Crippen molar-refractivity contribution in [3.63, 3.8) is 0 Å². The van der Waals surface area contributed by atoms with Crippen LogP contribution in [0.3, 0.4) is 0 Å². The zero-order chi connectivity index (χ0) is 18.8. The summed E-state index contributed by atoms with van der Waals surface area (Å²) in [6, 6.07) is 15.0. The molecule has 4 heteroatoms. The van der Waals surface area contributed by atoms with E-state index in [0.29, 0.717) is 11.4 Å². The Balaban J connectivity index is 1.42. The maximum Gasteiger partial charge on any atom is 0.241 e. The minimum absolute atomic E-state index is 0.0630. The first-order valence-corrected chi connectivity index (χ1v) is 9.40. The summed E-state index contributed by atoms with van der Waals surface area (Å²) in [4.78, 5) is 27.6. The van der Waals surface area contributed by atoms with Crippen LogP contribution in [0.4, 0.5) is 5.69 Å². The molecule has 2 aromatic carbocycles. The number of para-hydroxylation sites is 1. The molecule has 0 spiro atoms. The molecule has 4 atom stereocenters. The zero-order valence-electron chi connectivity index (χ0n) is 15.4. The van der Waals surface area contributed by atoms with Crippen molar-refractivity contribution in [3.05, 3.63) is 66.2 Å². The molecule has 3 aliphatic rings. The van der Waals surface area contributed by atoms with Crippen LogP contribution < -0.4 is 9.64 Å². The number of carbonyl (C=O) groups is 2. The van der Waals surface area contributed by atoms with Gasteiger partial charge >= 0.3 is 0 Å². The Morgan fingerprint density at radius 3 is 2.48 bits per heavy atom. The van der Waals surface area contributed by atoms with E-state index in [1.807, 2.05) is 50.2 Å². The van der Waals surface area contributed by atoms with E-state index in [2.05, 4.69) is 12.2 Å². The highest BCUT2D eigenvalue weighted by molar-refractivity contribution is 6.24. The molecule has 0 N–H and O–H groups in total. The summed E-state index contributed by atoms with van der Waals surface area (Å²) in [5, 5.41) is 0. The quantitative estimate of drug-likeness (QED) is 0.599. The molecule has 4 nitrogen and oxygen atoms in total. The molecule has 0 unspecified atom stereocenters. The fourth-order valence-electron chi connectivity index (χ4n) is 5.01. The Morgan fingerprint density at radius 1 is 1.04 bits per heavy atom. The van der Waals surface area contributed by atoms with Crippen LogP contribution in [0.5, 0.6) is 11.5 Å². The maximum atomic E-state index is 13.2. The second kappa shape index (κ2) is 5.56. The predicted octanol–water partition coefficient (Wildman–Crippen LogP) is 4.49. The lowest BCUT2D eigenvalue weighted by Crippen LogP contribution is -2.37. The van der Waals surface area contributed by atoms with Crippen LogP contribution in [0.2, 0.25) is 0 Å². The van der Waals surface area contributed by atoms with E-state index in [-0.39, 0.29) is 29.6 Å². The van der Waals surface area contributed by atoms with Crippen LogP contribution >= 0.6 is 0 Å². The van der Waals surface area contributed by atoms with Crippen LogP contribution in [0.25, 0.3) is 0 Å². The van der Waals surface area contributed by atoms with Crippen LogP contribution in [-0.4, -0.2) is 11.8 Å². The molecule has 1 aliphatic heterocycles. The van der Waals surface area contributed by atoms with Gasteiger partial charge in [-0.15, -0.1) is 0 Å². The first-order valence-electron chi connectivity index (χ1n) is 9.40. The van der Waals surface area contributed by atoms with Gasteiger partial charge in [0.2, 0.25) is 11.8 Å². The van der Waals surface area contributed by atoms with E-state index in [1.54, 1.807) is 12.1 Å². The van der Waals surface area contributed by atoms with Crippen LogP contribution in [0.15, 0.2) is 60.7 Å². The minimum Gasteiger partial charge on any atom is -0.457 e. The van der Waals surface area contributed by atoms with Gasteiger partial charge in [0.25, 0.3) is 0 Å². The molecule has 5 rings (SSSR count). The van der Waals surface area contributed by atoms with Crippen LogP contribution in [-0.2, 0) is 9.59 Å². The number of ether oxygens (including phenoxy) is 1. The SMILES string of the molecule is Cc1ccccc1Oc1ccc(N2C(=O)[C@@H]3[C@H]4C=C[C@@H](C4)[C@]3(C)C2=O)cc1. The van der Waals surface area contributed by atoms with Gasteiger partial charge in [0, 0.05) is 0 Å². The van der Waals surface area contributed by atoms with Crippen molar-refractivity contribution in [1.82, 2.24) is 0 Å². The number of carbonyl (C=O) groups excluding carboxylic acids is 2. The van der Waals surface area contributed by atoms with E-state index >= 15 is 0 Å². The standard InChI is InChI=1S/C23H21NO3/c1-14-5-3-4-6-19(14)27-18-11-9-17(10-12-18)24-21(25)20-15-7-8-16(13-15)23(20,2)22(24)26/h3-12,15-16,20H,13H2,1-2H3/t15-,16-,20-,23-/m0/s1. The number of benzene rings is 2. The summed E-state index contributed by atoms with van der Waals surface area (Å²) >= 11 is 0. The molecule has 2 fully saturated rings. The van der Waals surface area contributed by atoms with Gasteiger partial charge in [-0.1, -0.05) is 30.4 Å². The van der Waals surface area contributed by atoms with Gasteiger partial charge in [-0.3, -0.25) is 9.59 Å². The summed E-state index contributed by atoms with van der Waals surface area (Å²) in [5.41, 5.74) is 1.08. The topological polar surface area (TPSA) is 46.6 Å². The lowest BCUT2D eigenvalue weighted by Gasteiger charge is -2.28. The van der Waals surface area contributed by atoms with E-state index in [0.717, 1.165) is 17.7 Å². The Morgan fingerprint density at radius 2 is 1.78 bits per heavy atom. The Hall–Kier alpha value is -2.88. The van der Waals surface area contributed by atoms with Gasteiger partial charge in [-0.25, -0.2) is 4.90 Å². The minimum atomic E-state index is -0.590. The van der Waals surface area contributed by atoms with Crippen molar-refractivity contribution in [2.24, 2.45) is 23.2 Å². The van der Waals surface area contributed by atoms with Crippen molar-refractivity contribution in [1.29, 1.82) is 0 Å². The molecule has 2 amide bonds. The number of fused-ring (bicyclic) bond motifs is 5. The smallest absolute Gasteiger partial charge is 0.241 e. The molecule has 1 heterocycles. The first-order chi connectivity index (χ1) is 13.0. The third-order valence-electron chi connectivity index (χ3n) is 6.53. The highest BCUT2D eigenvalue weighted by atomic mass is 16.5. The highest BCUT2D eigenvalue weighted by Gasteiger charge is 2.67. The number of aryl methyl sites for hydroxylation is 1. The summed E-state index contributed by atoms with van der Waals surface area (Å²) in [6.07, 6.45) is 5.16. The first kappa shape index (κ1) is 16.3. The Bertz CT molecular complexity index is 977. The summed E-state index contributed by atoms with van der Waals surface area (Å²) in [5.74, 6) is 1.50. The summed E-state index contributed by atoms with van der Waals surface area (Å²) < 4.78 is 5.92. The summed E-state index contributed by atoms with van der Waals surface area (Å²) in [6.45, 7) is 3.95. The number of anilines is 1. The van der Waals surface area contributed by atoms with Gasteiger partial charge in [0.05, 0.1) is 17.0 Å². The highest BCUT2D eigenvalue weighted by Crippen LogP contribution is 2.60. The number of allylic oxidation sites excluding steroid dienone is 2. The van der Waals surface area contributed by atoms with Gasteiger partial charge in [-0.05, 0) is 68.0 Å². The van der Waals surface area contributed by atoms with Crippen LogP contribution in [0.1, 0.15) is 18.9 Å². The van der Waals surface area contributed by atoms with Crippen molar-refractivity contribution in [2.75, 3.05) is 4.90 Å². The van der Waals surface area contributed by atoms with E-state index < -0.39 is 5.41 Å². The number of hydrogen-bond acceptors (Lipinski definition) is 3. The Kier molecular flexibility index (Phi) is 3.36. The average Bonchev–Trinajstić information content (AvgIpc) is 3.30. The molecule has 2 aromatic rings. The number of hydrogen-bond donors (Lipinski definition) is 0. The van der Waals surface area contributed by atoms with Gasteiger partial charge in [0.1, 0.15) is 11.5 Å². The summed E-state index contributed by atoms with van der Waals surface area (Å²) in [7, 11) is 0. The third-order valence-corrected chi connectivity index (χ3v) is 6.53. The van der Waals surface area contributed by atoms with Gasteiger partial charge < -0.3 is 4.74 Å². The lowest BCUT2D eigenvalue weighted by molar-refractivity contribution is -0.127. The second-order valence-electron chi connectivity index (χ2n) is 7.99. The third kappa shape index (κ3) is 2.16. The van der Waals surface area contributed by atoms with E-state index in [4.69, 9.17) is 4.74 Å². The molecule has 136 valence electrons. The second-order valence-corrected chi connectivity index (χ2v) is 7.99. The fraction of sp³-hybridized carbons (Fsp3) is 0.304. The van der Waals surface area contributed by atoms with Gasteiger partial charge in [0.15, 0.2) is 0 Å². The number of imide groups is 1.